The van der Waals surface area contributed by atoms with Crippen molar-refractivity contribution in [2.24, 2.45) is 0 Å². The molecule has 0 radical (unpaired) electrons. The second-order valence-corrected chi connectivity index (χ2v) is 7.28. The Morgan fingerprint density at radius 2 is 1.70 bits per heavy atom. The fourth-order valence-corrected chi connectivity index (χ4v) is 3.82. The molecule has 0 fully saturated rings. The van der Waals surface area contributed by atoms with Crippen molar-refractivity contribution in [3.8, 4) is 16.9 Å². The van der Waals surface area contributed by atoms with Crippen LogP contribution in [0.5, 0.6) is 5.75 Å². The molecule has 27 heavy (non-hydrogen) atoms. The van der Waals surface area contributed by atoms with E-state index in [9.17, 15) is 14.7 Å². The van der Waals surface area contributed by atoms with Crippen molar-refractivity contribution in [2.75, 3.05) is 11.9 Å². The molecule has 2 N–H and O–H groups in total. The number of aromatic carboxylic acids is 1. The third-order valence-corrected chi connectivity index (χ3v) is 5.03. The number of thiophene rings is 1. The minimum Gasteiger partial charge on any atom is -0.484 e. The Bertz CT molecular complexity index is 962. The molecule has 2 aromatic carbocycles. The Balaban J connectivity index is 1.83. The van der Waals surface area contributed by atoms with Crippen LogP contribution in [0.25, 0.3) is 11.1 Å². The van der Waals surface area contributed by atoms with E-state index in [-0.39, 0.29) is 12.2 Å². The number of para-hydroxylation sites is 1. The summed E-state index contributed by atoms with van der Waals surface area (Å²) in [7, 11) is 0. The summed E-state index contributed by atoms with van der Waals surface area (Å²) in [4.78, 5) is 25.0. The van der Waals surface area contributed by atoms with Gasteiger partial charge in [0.2, 0.25) is 0 Å². The Morgan fingerprint density at radius 1 is 1.04 bits per heavy atom. The second-order valence-electron chi connectivity index (χ2n) is 6.06. The second kappa shape index (κ2) is 8.05. The van der Waals surface area contributed by atoms with Gasteiger partial charge >= 0.3 is 5.97 Å². The molecule has 0 bridgehead atoms. The van der Waals surface area contributed by atoms with Crippen LogP contribution in [0.15, 0.2) is 54.6 Å². The van der Waals surface area contributed by atoms with Crippen molar-refractivity contribution in [3.05, 3.63) is 70.6 Å². The summed E-state index contributed by atoms with van der Waals surface area (Å²) >= 11 is 1.25. The standard InChI is InChI=1S/C21H19NO4S/c1-13-8-10-15(11-9-13)18-14(2)27-20(19(18)21(24)25)22-17(23)12-26-16-6-4-3-5-7-16/h3-11H,12H2,1-2H3,(H,22,23)(H,24,25). The van der Waals surface area contributed by atoms with E-state index in [1.165, 1.54) is 11.3 Å². The summed E-state index contributed by atoms with van der Waals surface area (Å²) in [6.45, 7) is 3.63. The molecule has 1 heterocycles. The average molecular weight is 381 g/mol. The monoisotopic (exact) mass is 381 g/mol. The van der Waals surface area contributed by atoms with E-state index < -0.39 is 11.9 Å². The van der Waals surface area contributed by atoms with Gasteiger partial charge in [0.05, 0.1) is 0 Å². The number of carbonyl (C=O) groups is 2. The SMILES string of the molecule is Cc1ccc(-c2c(C)sc(NC(=O)COc3ccccc3)c2C(=O)O)cc1. The molecule has 0 unspecified atom stereocenters. The van der Waals surface area contributed by atoms with Gasteiger partial charge < -0.3 is 15.2 Å². The highest BCUT2D eigenvalue weighted by Crippen LogP contribution is 2.40. The zero-order chi connectivity index (χ0) is 19.4. The van der Waals surface area contributed by atoms with Crippen molar-refractivity contribution in [1.29, 1.82) is 0 Å². The third kappa shape index (κ3) is 4.35. The van der Waals surface area contributed by atoms with Gasteiger partial charge in [-0.3, -0.25) is 4.79 Å². The number of nitrogens with one attached hydrogen (secondary N) is 1. The molecule has 0 atom stereocenters. The Labute approximate surface area is 161 Å². The summed E-state index contributed by atoms with van der Waals surface area (Å²) in [5.41, 5.74) is 2.64. The fourth-order valence-electron chi connectivity index (χ4n) is 2.73. The molecule has 5 nitrogen and oxygen atoms in total. The highest BCUT2D eigenvalue weighted by atomic mass is 32.1. The number of hydrogen-bond acceptors (Lipinski definition) is 4. The molecule has 138 valence electrons. The first-order valence-corrected chi connectivity index (χ1v) is 9.19. The van der Waals surface area contributed by atoms with Crippen molar-refractivity contribution < 1.29 is 19.4 Å². The molecule has 0 saturated carbocycles. The number of hydrogen-bond donors (Lipinski definition) is 2. The van der Waals surface area contributed by atoms with Crippen LogP contribution in [0.1, 0.15) is 20.8 Å². The molecular weight excluding hydrogens is 362 g/mol. The van der Waals surface area contributed by atoms with Crippen molar-refractivity contribution in [3.63, 3.8) is 0 Å². The summed E-state index contributed by atoms with van der Waals surface area (Å²) in [5.74, 6) is -0.902. The zero-order valence-corrected chi connectivity index (χ0v) is 15.8. The van der Waals surface area contributed by atoms with E-state index in [1.54, 1.807) is 12.1 Å². The van der Waals surface area contributed by atoms with Gasteiger partial charge in [-0.2, -0.15) is 0 Å². The van der Waals surface area contributed by atoms with Gasteiger partial charge in [0.15, 0.2) is 6.61 Å². The fraction of sp³-hybridized carbons (Fsp3) is 0.143. The molecule has 6 heteroatoms. The highest BCUT2D eigenvalue weighted by Gasteiger charge is 2.24. The Kier molecular flexibility index (Phi) is 5.57. The van der Waals surface area contributed by atoms with Crippen LogP contribution >= 0.6 is 11.3 Å². The smallest absolute Gasteiger partial charge is 0.339 e. The van der Waals surface area contributed by atoms with Crippen molar-refractivity contribution >= 4 is 28.2 Å². The average Bonchev–Trinajstić information content (AvgIpc) is 2.97. The van der Waals surface area contributed by atoms with Crippen LogP contribution < -0.4 is 10.1 Å². The first-order chi connectivity index (χ1) is 13.0. The molecule has 3 aromatic rings. The number of carboxylic acid groups (broad SMARTS) is 1. The van der Waals surface area contributed by atoms with Crippen LogP contribution in [-0.2, 0) is 4.79 Å². The Morgan fingerprint density at radius 3 is 2.33 bits per heavy atom. The number of carboxylic acids is 1. The summed E-state index contributed by atoms with van der Waals surface area (Å²) < 4.78 is 5.42. The first-order valence-electron chi connectivity index (χ1n) is 8.37. The lowest BCUT2D eigenvalue weighted by Gasteiger charge is -2.08. The molecule has 0 spiro atoms. The molecule has 3 rings (SSSR count). The number of rotatable bonds is 6. The maximum Gasteiger partial charge on any atom is 0.339 e. The topological polar surface area (TPSA) is 75.6 Å². The molecule has 0 aliphatic carbocycles. The quantitative estimate of drug-likeness (QED) is 0.646. The normalized spacial score (nSPS) is 10.4. The summed E-state index contributed by atoms with van der Waals surface area (Å²) in [6, 6.07) is 16.6. The van der Waals surface area contributed by atoms with Crippen LogP contribution in [0.3, 0.4) is 0 Å². The molecule has 0 aliphatic heterocycles. The number of carbonyl (C=O) groups excluding carboxylic acids is 1. The zero-order valence-electron chi connectivity index (χ0n) is 15.0. The number of ether oxygens (including phenoxy) is 1. The summed E-state index contributed by atoms with van der Waals surface area (Å²) in [5, 5.41) is 12.7. The molecular formula is C21H19NO4S. The van der Waals surface area contributed by atoms with E-state index >= 15 is 0 Å². The third-order valence-electron chi connectivity index (χ3n) is 4.00. The van der Waals surface area contributed by atoms with E-state index in [0.717, 1.165) is 16.0 Å². The highest BCUT2D eigenvalue weighted by molar-refractivity contribution is 7.17. The van der Waals surface area contributed by atoms with Gasteiger partial charge in [-0.05, 0) is 31.5 Å². The first kappa shape index (κ1) is 18.7. The minimum atomic E-state index is -1.07. The molecule has 1 aromatic heterocycles. The predicted molar refractivity (Wildman–Crippen MR) is 107 cm³/mol. The van der Waals surface area contributed by atoms with Gasteiger partial charge in [-0.15, -0.1) is 11.3 Å². The molecule has 1 amide bonds. The minimum absolute atomic E-state index is 0.106. The van der Waals surface area contributed by atoms with Crippen LogP contribution in [0.4, 0.5) is 5.00 Å². The number of anilines is 1. The lowest BCUT2D eigenvalue weighted by molar-refractivity contribution is -0.118. The van der Waals surface area contributed by atoms with E-state index in [0.29, 0.717) is 16.3 Å². The van der Waals surface area contributed by atoms with Crippen LogP contribution in [0, 0.1) is 13.8 Å². The van der Waals surface area contributed by atoms with Crippen molar-refractivity contribution in [1.82, 2.24) is 0 Å². The van der Waals surface area contributed by atoms with Gasteiger partial charge in [-0.25, -0.2) is 4.79 Å². The lowest BCUT2D eigenvalue weighted by atomic mass is 10.0. The van der Waals surface area contributed by atoms with Crippen LogP contribution in [0.2, 0.25) is 0 Å². The maximum atomic E-state index is 12.2. The molecule has 0 saturated heterocycles. The van der Waals surface area contributed by atoms with Gasteiger partial charge in [0, 0.05) is 10.4 Å². The Hall–Kier alpha value is -3.12. The van der Waals surface area contributed by atoms with Crippen molar-refractivity contribution in [2.45, 2.75) is 13.8 Å². The number of aryl methyl sites for hydroxylation is 2. The van der Waals surface area contributed by atoms with Crippen LogP contribution in [-0.4, -0.2) is 23.6 Å². The largest absolute Gasteiger partial charge is 0.484 e. The van der Waals surface area contributed by atoms with Gasteiger partial charge in [0.25, 0.3) is 5.91 Å². The number of benzene rings is 2. The van der Waals surface area contributed by atoms with E-state index in [1.807, 2.05) is 56.3 Å². The number of amides is 1. The summed E-state index contributed by atoms with van der Waals surface area (Å²) in [6.07, 6.45) is 0. The lowest BCUT2D eigenvalue weighted by Crippen LogP contribution is -2.20. The maximum absolute atomic E-state index is 12.2. The van der Waals surface area contributed by atoms with E-state index in [2.05, 4.69) is 5.32 Å². The molecule has 0 aliphatic rings. The van der Waals surface area contributed by atoms with E-state index in [4.69, 9.17) is 4.74 Å². The van der Waals surface area contributed by atoms with Gasteiger partial charge in [0.1, 0.15) is 16.3 Å². The predicted octanol–water partition coefficient (Wildman–Crippen LogP) is 4.75. The van der Waals surface area contributed by atoms with Gasteiger partial charge in [-0.1, -0.05) is 48.0 Å².